The van der Waals surface area contributed by atoms with Crippen LogP contribution >= 0.6 is 0 Å². The van der Waals surface area contributed by atoms with Crippen molar-refractivity contribution in [1.82, 2.24) is 19.7 Å². The van der Waals surface area contributed by atoms with Gasteiger partial charge in [0.2, 0.25) is 5.91 Å². The van der Waals surface area contributed by atoms with Crippen molar-refractivity contribution in [2.75, 3.05) is 13.1 Å². The van der Waals surface area contributed by atoms with E-state index in [9.17, 15) is 4.79 Å². The number of aryl methyl sites for hydroxylation is 1. The molecule has 0 N–H and O–H groups in total. The van der Waals surface area contributed by atoms with Crippen LogP contribution in [0.15, 0.2) is 12.7 Å². The predicted octanol–water partition coefficient (Wildman–Crippen LogP) is 2.49. The van der Waals surface area contributed by atoms with Crippen molar-refractivity contribution in [3.8, 4) is 0 Å². The average molecular weight is 278 g/mol. The maximum atomic E-state index is 12.3. The molecule has 1 aliphatic heterocycles. The smallest absolute Gasteiger partial charge is 0.224 e. The topological polar surface area (TPSA) is 51.0 Å². The molecule has 20 heavy (non-hydrogen) atoms. The van der Waals surface area contributed by atoms with E-state index in [0.717, 1.165) is 25.9 Å². The first kappa shape index (κ1) is 15.0. The summed E-state index contributed by atoms with van der Waals surface area (Å²) in [5, 5.41) is 4.04. The molecule has 2 rings (SSSR count). The quantitative estimate of drug-likeness (QED) is 0.831. The zero-order valence-corrected chi connectivity index (χ0v) is 12.7. The normalized spacial score (nSPS) is 18.8. The number of hydrogen-bond donors (Lipinski definition) is 0. The van der Waals surface area contributed by atoms with Crippen molar-refractivity contribution in [2.45, 2.75) is 58.9 Å². The third-order valence-electron chi connectivity index (χ3n) is 4.92. The average Bonchev–Trinajstić information content (AvgIpc) is 2.90. The SMILES string of the molecule is CCC1(CC)CCCN(C(=O)CCn2cncn2)CC1. The zero-order valence-electron chi connectivity index (χ0n) is 12.7. The largest absolute Gasteiger partial charge is 0.343 e. The van der Waals surface area contributed by atoms with Crippen LogP contribution in [0.5, 0.6) is 0 Å². The van der Waals surface area contributed by atoms with E-state index in [-0.39, 0.29) is 5.91 Å². The van der Waals surface area contributed by atoms with E-state index in [0.29, 0.717) is 18.4 Å². The Balaban J connectivity index is 1.85. The van der Waals surface area contributed by atoms with Gasteiger partial charge in [0.05, 0.1) is 6.54 Å². The molecule has 0 unspecified atom stereocenters. The predicted molar refractivity (Wildman–Crippen MR) is 78.1 cm³/mol. The molecule has 1 amide bonds. The van der Waals surface area contributed by atoms with E-state index in [1.807, 2.05) is 4.90 Å². The fourth-order valence-corrected chi connectivity index (χ4v) is 3.18. The van der Waals surface area contributed by atoms with Gasteiger partial charge in [-0.15, -0.1) is 0 Å². The second-order valence-electron chi connectivity index (χ2n) is 5.85. The maximum Gasteiger partial charge on any atom is 0.224 e. The van der Waals surface area contributed by atoms with Crippen LogP contribution < -0.4 is 0 Å². The Morgan fingerprint density at radius 1 is 1.25 bits per heavy atom. The van der Waals surface area contributed by atoms with E-state index in [1.54, 1.807) is 11.0 Å². The highest BCUT2D eigenvalue weighted by Crippen LogP contribution is 2.37. The summed E-state index contributed by atoms with van der Waals surface area (Å²) in [5.74, 6) is 0.253. The molecule has 1 fully saturated rings. The Labute approximate surface area is 121 Å². The molecule has 0 saturated carbocycles. The summed E-state index contributed by atoms with van der Waals surface area (Å²) in [7, 11) is 0. The lowest BCUT2D eigenvalue weighted by molar-refractivity contribution is -0.131. The highest BCUT2D eigenvalue weighted by molar-refractivity contribution is 5.76. The molecule has 5 nitrogen and oxygen atoms in total. The first-order chi connectivity index (χ1) is 9.69. The number of amides is 1. The molecule has 0 atom stereocenters. The molecule has 0 radical (unpaired) electrons. The number of likely N-dealkylation sites (tertiary alicyclic amines) is 1. The molecule has 0 bridgehead atoms. The van der Waals surface area contributed by atoms with Crippen molar-refractivity contribution in [1.29, 1.82) is 0 Å². The first-order valence-corrected chi connectivity index (χ1v) is 7.79. The highest BCUT2D eigenvalue weighted by Gasteiger charge is 2.30. The lowest BCUT2D eigenvalue weighted by Gasteiger charge is -2.30. The van der Waals surface area contributed by atoms with Crippen LogP contribution in [0, 0.1) is 5.41 Å². The van der Waals surface area contributed by atoms with E-state index in [2.05, 4.69) is 23.9 Å². The molecule has 1 aromatic heterocycles. The minimum Gasteiger partial charge on any atom is -0.343 e. The summed E-state index contributed by atoms with van der Waals surface area (Å²) in [4.78, 5) is 18.2. The molecule has 0 aliphatic carbocycles. The molecular formula is C15H26N4O. The monoisotopic (exact) mass is 278 g/mol. The van der Waals surface area contributed by atoms with Crippen LogP contribution in [-0.4, -0.2) is 38.7 Å². The second-order valence-corrected chi connectivity index (χ2v) is 5.85. The third kappa shape index (κ3) is 3.58. The van der Waals surface area contributed by atoms with Crippen LogP contribution in [0.25, 0.3) is 0 Å². The number of hydrogen-bond acceptors (Lipinski definition) is 3. The molecule has 1 saturated heterocycles. The lowest BCUT2D eigenvalue weighted by atomic mass is 9.76. The van der Waals surface area contributed by atoms with Crippen LogP contribution in [-0.2, 0) is 11.3 Å². The minimum absolute atomic E-state index is 0.253. The van der Waals surface area contributed by atoms with Gasteiger partial charge in [-0.3, -0.25) is 9.48 Å². The minimum atomic E-state index is 0.253. The number of aromatic nitrogens is 3. The van der Waals surface area contributed by atoms with E-state index in [1.165, 1.54) is 25.6 Å². The van der Waals surface area contributed by atoms with Crippen LogP contribution in [0.2, 0.25) is 0 Å². The van der Waals surface area contributed by atoms with Crippen molar-refractivity contribution >= 4 is 5.91 Å². The summed E-state index contributed by atoms with van der Waals surface area (Å²) in [6.45, 7) is 7.02. The Hall–Kier alpha value is -1.39. The number of rotatable bonds is 5. The summed E-state index contributed by atoms with van der Waals surface area (Å²) < 4.78 is 1.72. The second kappa shape index (κ2) is 6.86. The van der Waals surface area contributed by atoms with Crippen molar-refractivity contribution in [3.63, 3.8) is 0 Å². The number of nitrogens with zero attached hydrogens (tertiary/aromatic N) is 4. The summed E-state index contributed by atoms with van der Waals surface area (Å²) in [6.07, 6.45) is 9.68. The first-order valence-electron chi connectivity index (χ1n) is 7.79. The van der Waals surface area contributed by atoms with Gasteiger partial charge in [-0.25, -0.2) is 4.98 Å². The molecule has 0 spiro atoms. The van der Waals surface area contributed by atoms with Crippen LogP contribution in [0.3, 0.4) is 0 Å². The summed E-state index contributed by atoms with van der Waals surface area (Å²) >= 11 is 0. The third-order valence-corrected chi connectivity index (χ3v) is 4.92. The standard InChI is InChI=1S/C15H26N4O/c1-3-15(4-2)7-5-9-18(11-8-15)14(20)6-10-19-13-16-12-17-19/h12-13H,3-11H2,1-2H3. The van der Waals surface area contributed by atoms with Crippen molar-refractivity contribution in [2.24, 2.45) is 5.41 Å². The molecule has 1 aromatic rings. The van der Waals surface area contributed by atoms with Gasteiger partial charge in [-0.2, -0.15) is 5.10 Å². The van der Waals surface area contributed by atoms with E-state index in [4.69, 9.17) is 0 Å². The zero-order chi connectivity index (χ0) is 14.4. The van der Waals surface area contributed by atoms with Gasteiger partial charge < -0.3 is 4.90 Å². The fourth-order valence-electron chi connectivity index (χ4n) is 3.18. The van der Waals surface area contributed by atoms with Gasteiger partial charge in [0.1, 0.15) is 12.7 Å². The highest BCUT2D eigenvalue weighted by atomic mass is 16.2. The molecule has 112 valence electrons. The Kier molecular flexibility index (Phi) is 5.15. The van der Waals surface area contributed by atoms with Crippen LogP contribution in [0.1, 0.15) is 52.4 Å². The van der Waals surface area contributed by atoms with Gasteiger partial charge in [-0.05, 0) is 24.7 Å². The summed E-state index contributed by atoms with van der Waals surface area (Å²) in [5.41, 5.74) is 0.459. The summed E-state index contributed by atoms with van der Waals surface area (Å²) in [6, 6.07) is 0. The van der Waals surface area contributed by atoms with Crippen LogP contribution in [0.4, 0.5) is 0 Å². The molecule has 1 aliphatic rings. The molecule has 2 heterocycles. The maximum absolute atomic E-state index is 12.3. The Morgan fingerprint density at radius 2 is 2.05 bits per heavy atom. The number of carbonyl (C=O) groups is 1. The molecule has 5 heteroatoms. The Morgan fingerprint density at radius 3 is 2.70 bits per heavy atom. The molecule has 0 aromatic carbocycles. The van der Waals surface area contributed by atoms with Gasteiger partial charge in [-0.1, -0.05) is 26.7 Å². The Bertz CT molecular complexity index is 412. The van der Waals surface area contributed by atoms with Crippen molar-refractivity contribution < 1.29 is 4.79 Å². The van der Waals surface area contributed by atoms with Gasteiger partial charge in [0.25, 0.3) is 0 Å². The molecular weight excluding hydrogens is 252 g/mol. The lowest BCUT2D eigenvalue weighted by Crippen LogP contribution is -2.33. The number of carbonyl (C=O) groups excluding carboxylic acids is 1. The van der Waals surface area contributed by atoms with Gasteiger partial charge in [0.15, 0.2) is 0 Å². The van der Waals surface area contributed by atoms with E-state index >= 15 is 0 Å². The van der Waals surface area contributed by atoms with Crippen molar-refractivity contribution in [3.05, 3.63) is 12.7 Å². The van der Waals surface area contributed by atoms with E-state index < -0.39 is 0 Å². The van der Waals surface area contributed by atoms with Gasteiger partial charge >= 0.3 is 0 Å². The fraction of sp³-hybridized carbons (Fsp3) is 0.800. The van der Waals surface area contributed by atoms with Gasteiger partial charge in [0, 0.05) is 19.5 Å².